The molecule has 1 aromatic heterocycles. The highest BCUT2D eigenvalue weighted by Gasteiger charge is 2.31. The van der Waals surface area contributed by atoms with Crippen molar-refractivity contribution in [3.05, 3.63) is 47.7 Å². The first-order chi connectivity index (χ1) is 14.3. The van der Waals surface area contributed by atoms with E-state index in [9.17, 15) is 9.59 Å². The molecule has 30 heavy (non-hydrogen) atoms. The SMILES string of the molecule is COc1cc(C(N)=O)ccc1O[C@@H](C)C(=O)N1CCN(c2cccc(C)n2)CC1C. The van der Waals surface area contributed by atoms with Gasteiger partial charge in [0.1, 0.15) is 5.82 Å². The first kappa shape index (κ1) is 21.4. The molecule has 2 atom stereocenters. The fourth-order valence-electron chi connectivity index (χ4n) is 3.59. The molecule has 1 aliphatic heterocycles. The van der Waals surface area contributed by atoms with Crippen molar-refractivity contribution >= 4 is 17.6 Å². The molecule has 0 radical (unpaired) electrons. The van der Waals surface area contributed by atoms with Crippen LogP contribution in [0.15, 0.2) is 36.4 Å². The van der Waals surface area contributed by atoms with Gasteiger partial charge in [-0.3, -0.25) is 9.59 Å². The predicted molar refractivity (Wildman–Crippen MR) is 114 cm³/mol. The third-order valence-corrected chi connectivity index (χ3v) is 5.21. The highest BCUT2D eigenvalue weighted by molar-refractivity contribution is 5.93. The van der Waals surface area contributed by atoms with Gasteiger partial charge in [-0.15, -0.1) is 0 Å². The number of pyridine rings is 1. The Morgan fingerprint density at radius 1 is 1.20 bits per heavy atom. The lowest BCUT2D eigenvalue weighted by molar-refractivity contribution is -0.140. The quantitative estimate of drug-likeness (QED) is 0.779. The average Bonchev–Trinajstić information content (AvgIpc) is 2.73. The number of amides is 2. The van der Waals surface area contributed by atoms with E-state index in [0.29, 0.717) is 36.7 Å². The average molecular weight is 412 g/mol. The van der Waals surface area contributed by atoms with E-state index in [-0.39, 0.29) is 11.9 Å². The molecular formula is C22H28N4O4. The van der Waals surface area contributed by atoms with Gasteiger partial charge in [-0.25, -0.2) is 4.98 Å². The Labute approximate surface area is 176 Å². The Kier molecular flexibility index (Phi) is 6.44. The summed E-state index contributed by atoms with van der Waals surface area (Å²) in [5, 5.41) is 0. The monoisotopic (exact) mass is 412 g/mol. The summed E-state index contributed by atoms with van der Waals surface area (Å²) in [6.45, 7) is 7.69. The first-order valence-corrected chi connectivity index (χ1v) is 9.93. The molecule has 2 amide bonds. The third-order valence-electron chi connectivity index (χ3n) is 5.21. The number of hydrogen-bond acceptors (Lipinski definition) is 6. The number of aromatic nitrogens is 1. The molecule has 8 heteroatoms. The summed E-state index contributed by atoms with van der Waals surface area (Å²) >= 11 is 0. The van der Waals surface area contributed by atoms with E-state index in [4.69, 9.17) is 15.2 Å². The topological polar surface area (TPSA) is 98.0 Å². The maximum atomic E-state index is 13.0. The smallest absolute Gasteiger partial charge is 0.263 e. The lowest BCUT2D eigenvalue weighted by atomic mass is 10.1. The summed E-state index contributed by atoms with van der Waals surface area (Å²) in [5.41, 5.74) is 6.59. The van der Waals surface area contributed by atoms with Gasteiger partial charge in [-0.2, -0.15) is 0 Å². The van der Waals surface area contributed by atoms with Crippen LogP contribution in [0.4, 0.5) is 5.82 Å². The molecule has 1 saturated heterocycles. The van der Waals surface area contributed by atoms with E-state index in [1.165, 1.54) is 13.2 Å². The largest absolute Gasteiger partial charge is 0.493 e. The number of hydrogen-bond donors (Lipinski definition) is 1. The van der Waals surface area contributed by atoms with Gasteiger partial charge in [0.05, 0.1) is 7.11 Å². The van der Waals surface area contributed by atoms with E-state index in [1.54, 1.807) is 19.1 Å². The van der Waals surface area contributed by atoms with Gasteiger partial charge in [-0.1, -0.05) is 6.07 Å². The summed E-state index contributed by atoms with van der Waals surface area (Å²) < 4.78 is 11.2. The summed E-state index contributed by atoms with van der Waals surface area (Å²) in [6, 6.07) is 10.6. The highest BCUT2D eigenvalue weighted by Crippen LogP contribution is 2.29. The Bertz CT molecular complexity index is 933. The number of piperazine rings is 1. The van der Waals surface area contributed by atoms with Crippen molar-refractivity contribution in [3.8, 4) is 11.5 Å². The van der Waals surface area contributed by atoms with E-state index in [2.05, 4.69) is 9.88 Å². The van der Waals surface area contributed by atoms with Gasteiger partial charge in [-0.05, 0) is 51.1 Å². The summed E-state index contributed by atoms with van der Waals surface area (Å²) in [5.74, 6) is 1.02. The van der Waals surface area contributed by atoms with Crippen LogP contribution in [0.3, 0.4) is 0 Å². The van der Waals surface area contributed by atoms with Crippen LogP contribution in [0.2, 0.25) is 0 Å². The molecule has 2 heterocycles. The number of carbonyl (C=O) groups excluding carboxylic acids is 2. The van der Waals surface area contributed by atoms with E-state index >= 15 is 0 Å². The van der Waals surface area contributed by atoms with Crippen molar-refractivity contribution in [2.75, 3.05) is 31.6 Å². The lowest BCUT2D eigenvalue weighted by Crippen LogP contribution is -2.56. The minimum Gasteiger partial charge on any atom is -0.493 e. The van der Waals surface area contributed by atoms with Crippen molar-refractivity contribution in [2.24, 2.45) is 5.73 Å². The van der Waals surface area contributed by atoms with E-state index < -0.39 is 12.0 Å². The fourth-order valence-corrected chi connectivity index (χ4v) is 3.59. The zero-order valence-corrected chi connectivity index (χ0v) is 17.8. The Hall–Kier alpha value is -3.29. The zero-order chi connectivity index (χ0) is 21.8. The Balaban J connectivity index is 1.66. The molecule has 0 saturated carbocycles. The molecule has 3 rings (SSSR count). The standard InChI is InChI=1S/C22H28N4O4/c1-14-6-5-7-20(24-14)25-10-11-26(15(2)13-25)22(28)16(3)30-18-9-8-17(21(23)27)12-19(18)29-4/h5-9,12,15-16H,10-11,13H2,1-4H3,(H2,23,27)/t15?,16-/m0/s1. The molecule has 0 bridgehead atoms. The number of nitrogens with zero attached hydrogens (tertiary/aromatic N) is 3. The second-order valence-electron chi connectivity index (χ2n) is 7.45. The molecule has 1 aliphatic rings. The van der Waals surface area contributed by atoms with Crippen molar-refractivity contribution in [1.82, 2.24) is 9.88 Å². The number of aryl methyl sites for hydroxylation is 1. The minimum atomic E-state index is -0.704. The van der Waals surface area contributed by atoms with Gasteiger partial charge in [0.15, 0.2) is 17.6 Å². The van der Waals surface area contributed by atoms with Gasteiger partial charge in [0, 0.05) is 36.9 Å². The van der Waals surface area contributed by atoms with Crippen LogP contribution in [-0.4, -0.2) is 60.6 Å². The van der Waals surface area contributed by atoms with Crippen LogP contribution >= 0.6 is 0 Å². The maximum Gasteiger partial charge on any atom is 0.263 e. The predicted octanol–water partition coefficient (Wildman–Crippen LogP) is 2.00. The van der Waals surface area contributed by atoms with Crippen molar-refractivity contribution < 1.29 is 19.1 Å². The number of ether oxygens (including phenoxy) is 2. The molecule has 1 fully saturated rings. The number of nitrogens with two attached hydrogens (primary N) is 1. The molecule has 160 valence electrons. The van der Waals surface area contributed by atoms with Crippen molar-refractivity contribution in [3.63, 3.8) is 0 Å². The number of primary amides is 1. The second-order valence-corrected chi connectivity index (χ2v) is 7.45. The van der Waals surface area contributed by atoms with Crippen LogP contribution in [0.25, 0.3) is 0 Å². The maximum absolute atomic E-state index is 13.0. The molecule has 1 unspecified atom stereocenters. The summed E-state index contributed by atoms with van der Waals surface area (Å²) in [7, 11) is 1.47. The molecule has 0 aliphatic carbocycles. The second kappa shape index (κ2) is 9.02. The highest BCUT2D eigenvalue weighted by atomic mass is 16.5. The van der Waals surface area contributed by atoms with Gasteiger partial charge in [0.25, 0.3) is 5.91 Å². The van der Waals surface area contributed by atoms with E-state index in [0.717, 1.165) is 11.5 Å². The lowest BCUT2D eigenvalue weighted by Gasteiger charge is -2.41. The third kappa shape index (κ3) is 4.64. The number of carbonyl (C=O) groups is 2. The van der Waals surface area contributed by atoms with Crippen molar-refractivity contribution in [2.45, 2.75) is 32.9 Å². The van der Waals surface area contributed by atoms with Gasteiger partial charge >= 0.3 is 0 Å². The molecule has 2 N–H and O–H groups in total. The molecule has 0 spiro atoms. The summed E-state index contributed by atoms with van der Waals surface area (Å²) in [4.78, 5) is 33.0. The van der Waals surface area contributed by atoms with Crippen LogP contribution in [0.1, 0.15) is 29.9 Å². The number of rotatable bonds is 6. The molecule has 2 aromatic rings. The van der Waals surface area contributed by atoms with Crippen LogP contribution < -0.4 is 20.1 Å². The molecule has 1 aromatic carbocycles. The van der Waals surface area contributed by atoms with Crippen LogP contribution in [-0.2, 0) is 4.79 Å². The fraction of sp³-hybridized carbons (Fsp3) is 0.409. The summed E-state index contributed by atoms with van der Waals surface area (Å²) in [6.07, 6.45) is -0.704. The number of methoxy groups -OCH3 is 1. The number of anilines is 1. The normalized spacial score (nSPS) is 17.4. The Morgan fingerprint density at radius 2 is 1.97 bits per heavy atom. The number of benzene rings is 1. The van der Waals surface area contributed by atoms with Crippen LogP contribution in [0.5, 0.6) is 11.5 Å². The zero-order valence-electron chi connectivity index (χ0n) is 17.8. The van der Waals surface area contributed by atoms with Gasteiger partial charge in [0.2, 0.25) is 5.91 Å². The Morgan fingerprint density at radius 3 is 2.60 bits per heavy atom. The minimum absolute atomic E-state index is 0.0127. The first-order valence-electron chi connectivity index (χ1n) is 9.93. The van der Waals surface area contributed by atoms with Crippen molar-refractivity contribution in [1.29, 1.82) is 0 Å². The molecular weight excluding hydrogens is 384 g/mol. The molecule has 8 nitrogen and oxygen atoms in total. The van der Waals surface area contributed by atoms with E-state index in [1.807, 2.05) is 36.9 Å². The van der Waals surface area contributed by atoms with Crippen LogP contribution in [0, 0.1) is 6.92 Å². The van der Waals surface area contributed by atoms with Gasteiger partial charge < -0.3 is 25.0 Å².